The molecule has 0 aromatic heterocycles. The molecule has 0 spiro atoms. The van der Waals surface area contributed by atoms with Crippen LogP contribution in [0.5, 0.6) is 5.75 Å². The van der Waals surface area contributed by atoms with E-state index in [9.17, 15) is 0 Å². The minimum atomic E-state index is -1.21. The molecule has 19 heavy (non-hydrogen) atoms. The van der Waals surface area contributed by atoms with Crippen LogP contribution in [0.3, 0.4) is 0 Å². The van der Waals surface area contributed by atoms with E-state index in [1.165, 1.54) is 10.8 Å². The van der Waals surface area contributed by atoms with Crippen LogP contribution in [0, 0.1) is 0 Å². The number of halogens is 1. The standard InChI is InChI=1S/C16H19ClOSi/c1-19(2,3)14-10-8-13(9-11-14)12-18-16-7-5-4-6-15(16)17/h4-11H,12H2,1-3H3. The first-order chi connectivity index (χ1) is 8.97. The second-order valence-corrected chi connectivity index (χ2v) is 11.2. The van der Waals surface area contributed by atoms with Crippen LogP contribution in [0.1, 0.15) is 5.56 Å². The fourth-order valence-corrected chi connectivity index (χ4v) is 3.18. The van der Waals surface area contributed by atoms with Gasteiger partial charge in [0, 0.05) is 0 Å². The molecule has 0 bridgehead atoms. The maximum Gasteiger partial charge on any atom is 0.138 e. The number of benzene rings is 2. The van der Waals surface area contributed by atoms with E-state index in [0.717, 1.165) is 5.75 Å². The van der Waals surface area contributed by atoms with Crippen molar-refractivity contribution in [1.82, 2.24) is 0 Å². The monoisotopic (exact) mass is 290 g/mol. The van der Waals surface area contributed by atoms with E-state index in [1.807, 2.05) is 24.3 Å². The zero-order valence-corrected chi connectivity index (χ0v) is 13.4. The average molecular weight is 291 g/mol. The number of para-hydroxylation sites is 1. The van der Waals surface area contributed by atoms with E-state index in [4.69, 9.17) is 16.3 Å². The topological polar surface area (TPSA) is 9.23 Å². The largest absolute Gasteiger partial charge is 0.487 e. The average Bonchev–Trinajstić information content (AvgIpc) is 2.37. The summed E-state index contributed by atoms with van der Waals surface area (Å²) in [6.07, 6.45) is 0. The molecule has 0 aliphatic heterocycles. The molecule has 2 rings (SSSR count). The highest BCUT2D eigenvalue weighted by Gasteiger charge is 2.15. The summed E-state index contributed by atoms with van der Waals surface area (Å²) in [6.45, 7) is 7.60. The third-order valence-electron chi connectivity index (χ3n) is 3.05. The van der Waals surface area contributed by atoms with Crippen molar-refractivity contribution in [2.24, 2.45) is 0 Å². The van der Waals surface area contributed by atoms with Gasteiger partial charge < -0.3 is 4.74 Å². The van der Waals surface area contributed by atoms with E-state index in [0.29, 0.717) is 11.6 Å². The summed E-state index contributed by atoms with van der Waals surface area (Å²) in [5, 5.41) is 2.12. The molecule has 0 atom stereocenters. The van der Waals surface area contributed by atoms with Crippen LogP contribution >= 0.6 is 11.6 Å². The molecule has 100 valence electrons. The Balaban J connectivity index is 2.03. The van der Waals surface area contributed by atoms with E-state index < -0.39 is 8.07 Å². The molecular formula is C16H19ClOSi. The summed E-state index contributed by atoms with van der Waals surface area (Å²) in [5.41, 5.74) is 1.17. The van der Waals surface area contributed by atoms with Crippen LogP contribution < -0.4 is 9.92 Å². The molecule has 0 aliphatic carbocycles. The van der Waals surface area contributed by atoms with Gasteiger partial charge in [-0.05, 0) is 17.7 Å². The van der Waals surface area contributed by atoms with Gasteiger partial charge >= 0.3 is 0 Å². The van der Waals surface area contributed by atoms with E-state index >= 15 is 0 Å². The van der Waals surface area contributed by atoms with Gasteiger partial charge in [-0.2, -0.15) is 0 Å². The molecule has 0 N–H and O–H groups in total. The molecule has 2 aromatic carbocycles. The zero-order valence-electron chi connectivity index (χ0n) is 11.6. The second-order valence-electron chi connectivity index (χ2n) is 5.67. The number of hydrogen-bond acceptors (Lipinski definition) is 1. The molecule has 0 saturated heterocycles. The summed E-state index contributed by atoms with van der Waals surface area (Å²) in [4.78, 5) is 0. The van der Waals surface area contributed by atoms with Crippen LogP contribution in [-0.2, 0) is 6.61 Å². The molecule has 0 unspecified atom stereocenters. The first kappa shape index (κ1) is 14.2. The van der Waals surface area contributed by atoms with Crippen LogP contribution in [0.4, 0.5) is 0 Å². The van der Waals surface area contributed by atoms with Crippen LogP contribution in [-0.4, -0.2) is 8.07 Å². The Morgan fingerprint density at radius 2 is 1.58 bits per heavy atom. The van der Waals surface area contributed by atoms with Gasteiger partial charge in [0.05, 0.1) is 13.1 Å². The van der Waals surface area contributed by atoms with Crippen LogP contribution in [0.25, 0.3) is 0 Å². The molecule has 0 aliphatic rings. The molecular weight excluding hydrogens is 272 g/mol. The zero-order chi connectivity index (χ0) is 13.9. The van der Waals surface area contributed by atoms with Gasteiger partial charge in [-0.3, -0.25) is 0 Å². The summed E-state index contributed by atoms with van der Waals surface area (Å²) in [6, 6.07) is 16.3. The minimum absolute atomic E-state index is 0.551. The number of ether oxygens (including phenoxy) is 1. The molecule has 0 radical (unpaired) electrons. The Morgan fingerprint density at radius 3 is 2.16 bits per heavy atom. The van der Waals surface area contributed by atoms with Crippen molar-refractivity contribution >= 4 is 24.9 Å². The van der Waals surface area contributed by atoms with Crippen molar-refractivity contribution in [2.75, 3.05) is 0 Å². The molecule has 2 aromatic rings. The predicted molar refractivity (Wildman–Crippen MR) is 85.2 cm³/mol. The quantitative estimate of drug-likeness (QED) is 0.755. The molecule has 0 heterocycles. The van der Waals surface area contributed by atoms with Gasteiger partial charge in [0.25, 0.3) is 0 Å². The fraction of sp³-hybridized carbons (Fsp3) is 0.250. The van der Waals surface area contributed by atoms with Crippen molar-refractivity contribution < 1.29 is 4.74 Å². The Bertz CT molecular complexity index is 543. The van der Waals surface area contributed by atoms with E-state index in [-0.39, 0.29) is 0 Å². The Labute approximate surface area is 121 Å². The Hall–Kier alpha value is -1.25. The van der Waals surface area contributed by atoms with Crippen molar-refractivity contribution in [3.8, 4) is 5.75 Å². The highest BCUT2D eigenvalue weighted by atomic mass is 35.5. The SMILES string of the molecule is C[Si](C)(C)c1ccc(COc2ccccc2Cl)cc1. The third-order valence-corrected chi connectivity index (χ3v) is 5.43. The maximum absolute atomic E-state index is 6.06. The smallest absolute Gasteiger partial charge is 0.138 e. The molecule has 0 fully saturated rings. The minimum Gasteiger partial charge on any atom is -0.487 e. The van der Waals surface area contributed by atoms with Crippen LogP contribution in [0.2, 0.25) is 24.7 Å². The lowest BCUT2D eigenvalue weighted by atomic mass is 10.2. The maximum atomic E-state index is 6.06. The molecule has 1 nitrogen and oxygen atoms in total. The number of rotatable bonds is 4. The van der Waals surface area contributed by atoms with E-state index in [1.54, 1.807) is 0 Å². The Morgan fingerprint density at radius 1 is 0.947 bits per heavy atom. The highest BCUT2D eigenvalue weighted by Crippen LogP contribution is 2.23. The lowest BCUT2D eigenvalue weighted by Gasteiger charge is -2.17. The van der Waals surface area contributed by atoms with Crippen molar-refractivity contribution in [3.63, 3.8) is 0 Å². The fourth-order valence-electron chi connectivity index (χ4n) is 1.82. The molecule has 3 heteroatoms. The third kappa shape index (κ3) is 3.85. The first-order valence-electron chi connectivity index (χ1n) is 6.43. The number of hydrogen-bond donors (Lipinski definition) is 0. The lowest BCUT2D eigenvalue weighted by Crippen LogP contribution is -2.37. The van der Waals surface area contributed by atoms with Gasteiger partial charge in [-0.15, -0.1) is 0 Å². The van der Waals surface area contributed by atoms with Gasteiger partial charge in [0.2, 0.25) is 0 Å². The van der Waals surface area contributed by atoms with Gasteiger partial charge in [-0.1, -0.05) is 72.8 Å². The highest BCUT2D eigenvalue weighted by molar-refractivity contribution is 6.88. The normalized spacial score (nSPS) is 11.4. The van der Waals surface area contributed by atoms with Crippen molar-refractivity contribution in [3.05, 3.63) is 59.1 Å². The van der Waals surface area contributed by atoms with Crippen molar-refractivity contribution in [2.45, 2.75) is 26.2 Å². The molecule has 0 amide bonds. The first-order valence-corrected chi connectivity index (χ1v) is 10.3. The second kappa shape index (κ2) is 5.80. The Kier molecular flexibility index (Phi) is 4.33. The van der Waals surface area contributed by atoms with Gasteiger partial charge in [-0.25, -0.2) is 0 Å². The van der Waals surface area contributed by atoms with Gasteiger partial charge in [0.1, 0.15) is 12.4 Å². The summed E-state index contributed by atoms with van der Waals surface area (Å²) >= 11 is 6.06. The van der Waals surface area contributed by atoms with Crippen molar-refractivity contribution in [1.29, 1.82) is 0 Å². The molecule has 0 saturated carbocycles. The van der Waals surface area contributed by atoms with E-state index in [2.05, 4.69) is 43.9 Å². The predicted octanol–water partition coefficient (Wildman–Crippen LogP) is 4.46. The summed E-state index contributed by atoms with van der Waals surface area (Å²) in [7, 11) is -1.21. The van der Waals surface area contributed by atoms with Gasteiger partial charge in [0.15, 0.2) is 0 Å². The summed E-state index contributed by atoms with van der Waals surface area (Å²) < 4.78 is 5.73. The summed E-state index contributed by atoms with van der Waals surface area (Å²) in [5.74, 6) is 0.735. The lowest BCUT2D eigenvalue weighted by molar-refractivity contribution is 0.306. The van der Waals surface area contributed by atoms with Crippen LogP contribution in [0.15, 0.2) is 48.5 Å².